The number of benzene rings is 2. The van der Waals surface area contributed by atoms with Gasteiger partial charge in [0, 0.05) is 11.6 Å². The number of aryl methyl sites for hydroxylation is 2. The van der Waals surface area contributed by atoms with Crippen LogP contribution in [0.15, 0.2) is 41.3 Å². The molecule has 0 radical (unpaired) electrons. The summed E-state index contributed by atoms with van der Waals surface area (Å²) in [6.07, 6.45) is 2.72. The van der Waals surface area contributed by atoms with Crippen LogP contribution in [-0.2, 0) is 19.6 Å². The zero-order chi connectivity index (χ0) is 25.2. The fourth-order valence-electron chi connectivity index (χ4n) is 4.71. The molecule has 2 heterocycles. The quantitative estimate of drug-likeness (QED) is 0.521. The van der Waals surface area contributed by atoms with E-state index in [0.717, 1.165) is 36.7 Å². The van der Waals surface area contributed by atoms with Gasteiger partial charge in [0.25, 0.3) is 10.0 Å². The SMILES string of the molecule is Cc1cc(S(=O)(=O)N2c3ccccc3NC(=O)C2CC(=O)NCCC2CCNCC2)c(C)cc1Cl. The first-order valence-corrected chi connectivity index (χ1v) is 13.7. The molecule has 1 fully saturated rings. The van der Waals surface area contributed by atoms with Gasteiger partial charge in [-0.2, -0.15) is 0 Å². The smallest absolute Gasteiger partial charge is 0.265 e. The highest BCUT2D eigenvalue weighted by Gasteiger charge is 2.42. The largest absolute Gasteiger partial charge is 0.356 e. The van der Waals surface area contributed by atoms with E-state index < -0.39 is 22.0 Å². The normalized spacial score (nSPS) is 18.7. The van der Waals surface area contributed by atoms with Crippen LogP contribution in [0, 0.1) is 19.8 Å². The Bertz CT molecular complexity index is 1230. The first-order valence-electron chi connectivity index (χ1n) is 11.9. The van der Waals surface area contributed by atoms with Crippen LogP contribution < -0.4 is 20.3 Å². The number of rotatable bonds is 7. The molecule has 0 aliphatic carbocycles. The van der Waals surface area contributed by atoms with E-state index in [1.54, 1.807) is 44.2 Å². The molecule has 1 unspecified atom stereocenters. The van der Waals surface area contributed by atoms with Gasteiger partial charge in [-0.25, -0.2) is 8.42 Å². The molecule has 2 amide bonds. The van der Waals surface area contributed by atoms with E-state index in [2.05, 4.69) is 16.0 Å². The third-order valence-electron chi connectivity index (χ3n) is 6.69. The maximum Gasteiger partial charge on any atom is 0.265 e. The van der Waals surface area contributed by atoms with Gasteiger partial charge < -0.3 is 16.0 Å². The zero-order valence-electron chi connectivity index (χ0n) is 19.9. The highest BCUT2D eigenvalue weighted by molar-refractivity contribution is 7.93. The molecule has 0 bridgehead atoms. The standard InChI is InChI=1S/C25H31ClN4O4S/c1-16-14-23(17(2)13-19(16)26)35(33,34)30-21-6-4-3-5-20(21)29-25(32)22(30)15-24(31)28-12-9-18-7-10-27-11-8-18/h3-6,13-14,18,22,27H,7-12,15H2,1-2H3,(H,28,31)(H,29,32). The predicted octanol–water partition coefficient (Wildman–Crippen LogP) is 3.37. The number of carbonyl (C=O) groups excluding carboxylic acids is 2. The minimum absolute atomic E-state index is 0.0558. The minimum Gasteiger partial charge on any atom is -0.356 e. The van der Waals surface area contributed by atoms with Crippen molar-refractivity contribution in [1.82, 2.24) is 10.6 Å². The van der Waals surface area contributed by atoms with Gasteiger partial charge in [-0.3, -0.25) is 13.9 Å². The minimum atomic E-state index is -4.18. The summed E-state index contributed by atoms with van der Waals surface area (Å²) in [7, 11) is -4.18. The van der Waals surface area contributed by atoms with Crippen molar-refractivity contribution in [2.24, 2.45) is 5.92 Å². The van der Waals surface area contributed by atoms with Crippen molar-refractivity contribution >= 4 is 44.8 Å². The lowest BCUT2D eigenvalue weighted by molar-refractivity contribution is -0.125. The van der Waals surface area contributed by atoms with Crippen LogP contribution in [-0.4, -0.2) is 45.9 Å². The first kappa shape index (κ1) is 25.5. The van der Waals surface area contributed by atoms with Crippen molar-refractivity contribution in [3.05, 3.63) is 52.5 Å². The molecule has 10 heteroatoms. The van der Waals surface area contributed by atoms with Crippen molar-refractivity contribution in [2.45, 2.75) is 50.5 Å². The van der Waals surface area contributed by atoms with Gasteiger partial charge in [0.15, 0.2) is 0 Å². The second-order valence-corrected chi connectivity index (χ2v) is 11.4. The van der Waals surface area contributed by atoms with Gasteiger partial charge in [-0.05, 0) is 87.5 Å². The van der Waals surface area contributed by atoms with Crippen molar-refractivity contribution in [3.63, 3.8) is 0 Å². The molecule has 8 nitrogen and oxygen atoms in total. The maximum atomic E-state index is 14.0. The number of piperidine rings is 1. The summed E-state index contributed by atoms with van der Waals surface area (Å²) in [6, 6.07) is 8.59. The molecule has 2 aliphatic rings. The van der Waals surface area contributed by atoms with Crippen molar-refractivity contribution in [1.29, 1.82) is 0 Å². The number of carbonyl (C=O) groups is 2. The first-order chi connectivity index (χ1) is 16.7. The van der Waals surface area contributed by atoms with Crippen LogP contribution in [0.25, 0.3) is 0 Å². The van der Waals surface area contributed by atoms with Crippen LogP contribution in [0.2, 0.25) is 5.02 Å². The molecule has 1 atom stereocenters. The number of halogens is 1. The Balaban J connectivity index is 1.61. The van der Waals surface area contributed by atoms with Crippen molar-refractivity contribution in [2.75, 3.05) is 29.3 Å². The molecular weight excluding hydrogens is 488 g/mol. The Morgan fingerprint density at radius 3 is 2.60 bits per heavy atom. The van der Waals surface area contributed by atoms with Crippen molar-refractivity contribution in [3.8, 4) is 0 Å². The Morgan fingerprint density at radius 1 is 1.14 bits per heavy atom. The van der Waals surface area contributed by atoms with Gasteiger partial charge in [0.1, 0.15) is 6.04 Å². The summed E-state index contributed by atoms with van der Waals surface area (Å²) in [4.78, 5) is 26.0. The van der Waals surface area contributed by atoms with Gasteiger partial charge in [-0.1, -0.05) is 23.7 Å². The average Bonchev–Trinajstić information content (AvgIpc) is 2.82. The van der Waals surface area contributed by atoms with Crippen LogP contribution in [0.5, 0.6) is 0 Å². The molecule has 2 aromatic carbocycles. The predicted molar refractivity (Wildman–Crippen MR) is 137 cm³/mol. The number of hydrogen-bond acceptors (Lipinski definition) is 5. The maximum absolute atomic E-state index is 14.0. The van der Waals surface area contributed by atoms with Crippen molar-refractivity contribution < 1.29 is 18.0 Å². The molecule has 0 saturated carbocycles. The van der Waals surface area contributed by atoms with E-state index in [9.17, 15) is 18.0 Å². The van der Waals surface area contributed by atoms with E-state index in [1.165, 1.54) is 6.07 Å². The molecular formula is C25H31ClN4O4S. The van der Waals surface area contributed by atoms with Crippen LogP contribution in [0.3, 0.4) is 0 Å². The topological polar surface area (TPSA) is 108 Å². The van der Waals surface area contributed by atoms with E-state index in [4.69, 9.17) is 11.6 Å². The second-order valence-electron chi connectivity index (χ2n) is 9.23. The lowest BCUT2D eigenvalue weighted by atomic mass is 9.95. The van der Waals surface area contributed by atoms with Gasteiger partial charge in [0.05, 0.1) is 22.7 Å². The van der Waals surface area contributed by atoms with E-state index >= 15 is 0 Å². The summed E-state index contributed by atoms with van der Waals surface area (Å²) < 4.78 is 29.0. The number of sulfonamides is 1. The zero-order valence-corrected chi connectivity index (χ0v) is 21.5. The molecule has 0 spiro atoms. The van der Waals surface area contributed by atoms with Gasteiger partial charge in [-0.15, -0.1) is 0 Å². The Morgan fingerprint density at radius 2 is 1.86 bits per heavy atom. The van der Waals surface area contributed by atoms with E-state index in [1.807, 2.05) is 0 Å². The monoisotopic (exact) mass is 518 g/mol. The van der Waals surface area contributed by atoms with Crippen LogP contribution in [0.1, 0.15) is 36.8 Å². The third kappa shape index (κ3) is 5.47. The van der Waals surface area contributed by atoms with E-state index in [0.29, 0.717) is 40.0 Å². The lowest BCUT2D eigenvalue weighted by Crippen LogP contribution is -2.53. The Kier molecular flexibility index (Phi) is 7.68. The number of para-hydroxylation sites is 2. The lowest BCUT2D eigenvalue weighted by Gasteiger charge is -2.37. The fourth-order valence-corrected chi connectivity index (χ4v) is 6.85. The highest BCUT2D eigenvalue weighted by atomic mass is 35.5. The Labute approximate surface area is 211 Å². The number of anilines is 2. The van der Waals surface area contributed by atoms with Gasteiger partial charge in [0.2, 0.25) is 11.8 Å². The summed E-state index contributed by atoms with van der Waals surface area (Å²) in [5.74, 6) is -0.346. The summed E-state index contributed by atoms with van der Waals surface area (Å²) >= 11 is 6.20. The average molecular weight is 519 g/mol. The van der Waals surface area contributed by atoms with Crippen LogP contribution >= 0.6 is 11.6 Å². The number of amides is 2. The summed E-state index contributed by atoms with van der Waals surface area (Å²) in [5, 5.41) is 9.43. The molecule has 4 rings (SSSR count). The number of fused-ring (bicyclic) bond motifs is 1. The number of hydrogen-bond donors (Lipinski definition) is 3. The summed E-state index contributed by atoms with van der Waals surface area (Å²) in [5.41, 5.74) is 1.78. The van der Waals surface area contributed by atoms with E-state index in [-0.39, 0.29) is 17.2 Å². The van der Waals surface area contributed by atoms with Crippen LogP contribution in [0.4, 0.5) is 11.4 Å². The fraction of sp³-hybridized carbons (Fsp3) is 0.440. The highest BCUT2D eigenvalue weighted by Crippen LogP contribution is 2.38. The van der Waals surface area contributed by atoms with Gasteiger partial charge >= 0.3 is 0 Å². The Hall–Kier alpha value is -2.62. The molecule has 2 aromatic rings. The molecule has 2 aliphatic heterocycles. The molecule has 1 saturated heterocycles. The second kappa shape index (κ2) is 10.6. The molecule has 188 valence electrons. The number of nitrogens with zero attached hydrogens (tertiary/aromatic N) is 1. The third-order valence-corrected chi connectivity index (χ3v) is 9.06. The summed E-state index contributed by atoms with van der Waals surface area (Å²) in [6.45, 7) is 5.85. The molecule has 35 heavy (non-hydrogen) atoms. The number of nitrogens with one attached hydrogen (secondary N) is 3. The molecule has 3 N–H and O–H groups in total. The molecule has 0 aromatic heterocycles.